The van der Waals surface area contributed by atoms with E-state index < -0.39 is 13.2 Å². The second-order valence-corrected chi connectivity index (χ2v) is 9.41. The van der Waals surface area contributed by atoms with Gasteiger partial charge >= 0.3 is 13.8 Å². The van der Waals surface area contributed by atoms with E-state index in [1.54, 1.807) is 6.92 Å². The maximum absolute atomic E-state index is 13.1. The molecule has 0 aromatic carbocycles. The highest BCUT2D eigenvalue weighted by atomic mass is 31.2. The van der Waals surface area contributed by atoms with Crippen molar-refractivity contribution in [3.8, 4) is 0 Å². The minimum atomic E-state index is -3.68. The van der Waals surface area contributed by atoms with Gasteiger partial charge in [-0.15, -0.1) is 0 Å². The number of hydrogen-bond acceptors (Lipinski definition) is 6. The molecular weight excluding hydrogens is 367 g/mol. The van der Waals surface area contributed by atoms with Crippen LogP contribution in [0.1, 0.15) is 73.6 Å². The van der Waals surface area contributed by atoms with Crippen molar-refractivity contribution in [1.82, 2.24) is 0 Å². The fraction of sp³-hybridized carbons (Fsp3) is 0.850. The molecule has 27 heavy (non-hydrogen) atoms. The van der Waals surface area contributed by atoms with Gasteiger partial charge in [0, 0.05) is 6.42 Å². The van der Waals surface area contributed by atoms with Gasteiger partial charge in [0.15, 0.2) is 0 Å². The lowest BCUT2D eigenvalue weighted by molar-refractivity contribution is -0.155. The zero-order valence-electron chi connectivity index (χ0n) is 17.8. The van der Waals surface area contributed by atoms with Crippen LogP contribution in [-0.4, -0.2) is 25.8 Å². The Balaban J connectivity index is 2.78. The summed E-state index contributed by atoms with van der Waals surface area (Å²) >= 11 is 0. The number of phosphoric acid groups is 1. The third-order valence-corrected chi connectivity index (χ3v) is 6.52. The Morgan fingerprint density at radius 3 is 2.11 bits per heavy atom. The second kappa shape index (κ2) is 11.2. The van der Waals surface area contributed by atoms with Crippen LogP contribution in [0.15, 0.2) is 11.8 Å². The van der Waals surface area contributed by atoms with Gasteiger partial charge in [0.2, 0.25) is 0 Å². The zero-order chi connectivity index (χ0) is 20.5. The molecular formula is C20H37O6P. The van der Waals surface area contributed by atoms with Crippen molar-refractivity contribution in [2.75, 3.05) is 19.8 Å². The number of allylic oxidation sites excluding steroid dienone is 2. The summed E-state index contributed by atoms with van der Waals surface area (Å²) in [6, 6.07) is 0. The average molecular weight is 404 g/mol. The summed E-state index contributed by atoms with van der Waals surface area (Å²) in [4.78, 5) is 12.1. The second-order valence-electron chi connectivity index (χ2n) is 7.81. The fourth-order valence-electron chi connectivity index (χ4n) is 2.42. The first kappa shape index (κ1) is 24.2. The van der Waals surface area contributed by atoms with Gasteiger partial charge in [0.25, 0.3) is 0 Å². The normalized spacial score (nSPS) is 22.7. The van der Waals surface area contributed by atoms with E-state index in [-0.39, 0.29) is 17.8 Å². The van der Waals surface area contributed by atoms with Gasteiger partial charge in [-0.1, -0.05) is 40.5 Å². The number of esters is 1. The van der Waals surface area contributed by atoms with E-state index in [1.807, 2.05) is 26.8 Å². The molecule has 158 valence electrons. The molecule has 0 heterocycles. The van der Waals surface area contributed by atoms with Crippen molar-refractivity contribution in [2.24, 2.45) is 17.3 Å². The molecule has 1 aliphatic rings. The molecule has 1 unspecified atom stereocenters. The molecule has 0 saturated heterocycles. The average Bonchev–Trinajstić information content (AvgIpc) is 2.66. The standard InChI is InChI=1S/C20H37O6P/c1-7-16(4)14-24-27(22,25-15-17(5)8-2)26-18-10-12-20(6,13-11-18)19(21)23-9-3/h10,16-17H,7-9,11-15H2,1-6H3/t16-,17-,20?/m0/s1. The van der Waals surface area contributed by atoms with Crippen LogP contribution in [-0.2, 0) is 27.7 Å². The molecule has 0 aromatic rings. The Bertz CT molecular complexity index is 529. The monoisotopic (exact) mass is 404 g/mol. The van der Waals surface area contributed by atoms with Crippen LogP contribution < -0.4 is 0 Å². The largest absolute Gasteiger partial charge is 0.529 e. The molecule has 0 radical (unpaired) electrons. The van der Waals surface area contributed by atoms with Crippen LogP contribution in [0.5, 0.6) is 0 Å². The Morgan fingerprint density at radius 1 is 1.15 bits per heavy atom. The lowest BCUT2D eigenvalue weighted by atomic mass is 9.78. The van der Waals surface area contributed by atoms with E-state index in [2.05, 4.69) is 13.8 Å². The number of hydrogen-bond donors (Lipinski definition) is 0. The van der Waals surface area contributed by atoms with E-state index in [1.165, 1.54) is 0 Å². The minimum absolute atomic E-state index is 0.204. The van der Waals surface area contributed by atoms with Crippen LogP contribution in [0, 0.1) is 17.3 Å². The summed E-state index contributed by atoms with van der Waals surface area (Å²) in [6.45, 7) is 12.9. The number of phosphoric ester groups is 1. The van der Waals surface area contributed by atoms with E-state index in [4.69, 9.17) is 18.3 Å². The first-order valence-electron chi connectivity index (χ1n) is 10.1. The maximum Gasteiger partial charge on any atom is 0.529 e. The van der Waals surface area contributed by atoms with Crippen LogP contribution in [0.4, 0.5) is 0 Å². The highest BCUT2D eigenvalue weighted by Crippen LogP contribution is 2.54. The Morgan fingerprint density at radius 2 is 1.70 bits per heavy atom. The third-order valence-electron chi connectivity index (χ3n) is 5.13. The maximum atomic E-state index is 13.1. The topological polar surface area (TPSA) is 71.1 Å². The molecule has 0 bridgehead atoms. The molecule has 7 heteroatoms. The van der Waals surface area contributed by atoms with Crippen molar-refractivity contribution in [3.05, 3.63) is 11.8 Å². The summed E-state index contributed by atoms with van der Waals surface area (Å²) < 4.78 is 35.2. The predicted molar refractivity (Wildman–Crippen MR) is 106 cm³/mol. The summed E-state index contributed by atoms with van der Waals surface area (Å²) in [5.41, 5.74) is -0.567. The first-order valence-corrected chi connectivity index (χ1v) is 11.6. The van der Waals surface area contributed by atoms with Gasteiger partial charge in [-0.2, -0.15) is 0 Å². The molecule has 1 aliphatic carbocycles. The molecule has 0 aliphatic heterocycles. The lowest BCUT2D eigenvalue weighted by Gasteiger charge is -2.31. The van der Waals surface area contributed by atoms with Crippen molar-refractivity contribution in [2.45, 2.75) is 73.6 Å². The summed E-state index contributed by atoms with van der Waals surface area (Å²) in [7, 11) is -3.68. The number of carbonyl (C=O) groups is 1. The molecule has 0 N–H and O–H groups in total. The molecule has 3 atom stereocenters. The molecule has 1 rings (SSSR count). The van der Waals surface area contributed by atoms with E-state index >= 15 is 0 Å². The van der Waals surface area contributed by atoms with Gasteiger partial charge in [-0.3, -0.25) is 13.8 Å². The molecule has 0 amide bonds. The third kappa shape index (κ3) is 7.97. The van der Waals surface area contributed by atoms with E-state index in [0.717, 1.165) is 12.8 Å². The summed E-state index contributed by atoms with van der Waals surface area (Å²) in [6.07, 6.45) is 5.22. The number of ether oxygens (including phenoxy) is 1. The van der Waals surface area contributed by atoms with Crippen LogP contribution >= 0.6 is 7.82 Å². The van der Waals surface area contributed by atoms with Gasteiger partial charge < -0.3 is 9.26 Å². The summed E-state index contributed by atoms with van der Waals surface area (Å²) in [5, 5.41) is 0. The van der Waals surface area contributed by atoms with E-state index in [9.17, 15) is 9.36 Å². The fourth-order valence-corrected chi connectivity index (χ4v) is 3.93. The predicted octanol–water partition coefficient (Wildman–Crippen LogP) is 5.87. The highest BCUT2D eigenvalue weighted by Gasteiger charge is 2.38. The quantitative estimate of drug-likeness (QED) is 0.299. The lowest BCUT2D eigenvalue weighted by Crippen LogP contribution is -2.31. The smallest absolute Gasteiger partial charge is 0.466 e. The van der Waals surface area contributed by atoms with Crippen molar-refractivity contribution in [1.29, 1.82) is 0 Å². The van der Waals surface area contributed by atoms with Gasteiger partial charge in [0.05, 0.1) is 25.2 Å². The molecule has 0 aromatic heterocycles. The number of rotatable bonds is 12. The van der Waals surface area contributed by atoms with Crippen LogP contribution in [0.2, 0.25) is 0 Å². The molecule has 0 spiro atoms. The van der Waals surface area contributed by atoms with Crippen molar-refractivity contribution in [3.63, 3.8) is 0 Å². The van der Waals surface area contributed by atoms with E-state index in [0.29, 0.717) is 44.8 Å². The zero-order valence-corrected chi connectivity index (χ0v) is 18.7. The van der Waals surface area contributed by atoms with Gasteiger partial charge in [0.1, 0.15) is 5.76 Å². The molecule has 0 saturated carbocycles. The van der Waals surface area contributed by atoms with Gasteiger partial charge in [-0.25, -0.2) is 4.57 Å². The van der Waals surface area contributed by atoms with Crippen LogP contribution in [0.3, 0.4) is 0 Å². The first-order chi connectivity index (χ1) is 12.7. The van der Waals surface area contributed by atoms with Crippen molar-refractivity contribution < 1.29 is 27.7 Å². The minimum Gasteiger partial charge on any atom is -0.466 e. The SMILES string of the molecule is CCOC(=O)C1(C)CC=C(OP(=O)(OC[C@@H](C)CC)OC[C@@H](C)CC)CC1. The van der Waals surface area contributed by atoms with Crippen molar-refractivity contribution >= 4 is 13.8 Å². The Kier molecular flexibility index (Phi) is 10.1. The van der Waals surface area contributed by atoms with Gasteiger partial charge in [-0.05, 0) is 44.6 Å². The Hall–Kier alpha value is -0.840. The number of carbonyl (C=O) groups excluding carboxylic acids is 1. The van der Waals surface area contributed by atoms with Crippen LogP contribution in [0.25, 0.3) is 0 Å². The molecule has 0 fully saturated rings. The summed E-state index contributed by atoms with van der Waals surface area (Å²) in [5.74, 6) is 0.890. The Labute approximate surface area is 164 Å². The molecule has 6 nitrogen and oxygen atoms in total. The highest BCUT2D eigenvalue weighted by molar-refractivity contribution is 7.48.